The number of halogens is 1. The van der Waals surface area contributed by atoms with E-state index in [2.05, 4.69) is 11.6 Å². The third kappa shape index (κ3) is 4.87. The van der Waals surface area contributed by atoms with Gasteiger partial charge in [0.1, 0.15) is 12.1 Å². The molecule has 1 rings (SSSR count). The van der Waals surface area contributed by atoms with Crippen LogP contribution in [0.3, 0.4) is 0 Å². The van der Waals surface area contributed by atoms with Gasteiger partial charge in [-0.1, -0.05) is 30.4 Å². The van der Waals surface area contributed by atoms with Crippen LogP contribution in [0.25, 0.3) is 0 Å². The fourth-order valence-electron chi connectivity index (χ4n) is 1.37. The molecule has 1 aromatic rings. The number of rotatable bonds is 7. The molecular formula is C15H16FNO. The lowest BCUT2D eigenvalue weighted by Crippen LogP contribution is -1.90. The van der Waals surface area contributed by atoms with E-state index in [4.69, 9.17) is 0 Å². The Labute approximate surface area is 107 Å². The van der Waals surface area contributed by atoms with Crippen LogP contribution in [0.1, 0.15) is 18.4 Å². The Kier molecular flexibility index (Phi) is 6.33. The molecule has 0 spiro atoms. The van der Waals surface area contributed by atoms with Crippen LogP contribution in [0, 0.1) is 5.82 Å². The molecule has 0 N–H and O–H groups in total. The second kappa shape index (κ2) is 8.12. The van der Waals surface area contributed by atoms with Crippen molar-refractivity contribution >= 4 is 12.5 Å². The molecule has 0 amide bonds. The average Bonchev–Trinajstić information content (AvgIpc) is 2.40. The first-order valence-corrected chi connectivity index (χ1v) is 5.74. The standard InChI is InChI=1S/C15H16FNO/c1-2-3-6-13(12-18)9-10-17-11-14-7-4-5-8-15(14)16/h2,4-8,10,12H,1,3,9,11H2/b13-6+,17-10?. The van der Waals surface area contributed by atoms with E-state index in [-0.39, 0.29) is 5.82 Å². The second-order valence-corrected chi connectivity index (χ2v) is 3.74. The molecule has 0 saturated carbocycles. The normalized spacial score (nSPS) is 11.7. The first-order chi connectivity index (χ1) is 8.77. The van der Waals surface area contributed by atoms with E-state index in [1.807, 2.05) is 0 Å². The van der Waals surface area contributed by atoms with Crippen molar-refractivity contribution in [1.29, 1.82) is 0 Å². The lowest BCUT2D eigenvalue weighted by molar-refractivity contribution is -0.104. The van der Waals surface area contributed by atoms with Crippen molar-refractivity contribution in [3.63, 3.8) is 0 Å². The first kappa shape index (κ1) is 14.0. The molecule has 0 aliphatic heterocycles. The smallest absolute Gasteiger partial charge is 0.146 e. The van der Waals surface area contributed by atoms with Gasteiger partial charge in [-0.3, -0.25) is 9.79 Å². The van der Waals surface area contributed by atoms with E-state index in [1.165, 1.54) is 6.07 Å². The summed E-state index contributed by atoms with van der Waals surface area (Å²) in [5.41, 5.74) is 1.21. The van der Waals surface area contributed by atoms with Gasteiger partial charge in [0.25, 0.3) is 0 Å². The molecule has 0 aromatic heterocycles. The maximum absolute atomic E-state index is 13.3. The molecule has 0 heterocycles. The van der Waals surface area contributed by atoms with Crippen molar-refractivity contribution < 1.29 is 9.18 Å². The topological polar surface area (TPSA) is 29.4 Å². The third-order valence-electron chi connectivity index (χ3n) is 2.37. The molecule has 0 aliphatic rings. The van der Waals surface area contributed by atoms with Gasteiger partial charge < -0.3 is 0 Å². The fraction of sp³-hybridized carbons (Fsp3) is 0.200. The van der Waals surface area contributed by atoms with E-state index in [1.54, 1.807) is 36.6 Å². The molecule has 2 nitrogen and oxygen atoms in total. The van der Waals surface area contributed by atoms with E-state index < -0.39 is 0 Å². The Morgan fingerprint density at radius 2 is 2.17 bits per heavy atom. The minimum atomic E-state index is -0.257. The molecule has 0 saturated heterocycles. The highest BCUT2D eigenvalue weighted by Gasteiger charge is 1.97. The zero-order valence-corrected chi connectivity index (χ0v) is 10.2. The summed E-state index contributed by atoms with van der Waals surface area (Å²) in [4.78, 5) is 14.8. The minimum absolute atomic E-state index is 0.257. The van der Waals surface area contributed by atoms with Gasteiger partial charge in [0.15, 0.2) is 0 Å². The van der Waals surface area contributed by atoms with Crippen molar-refractivity contribution in [2.75, 3.05) is 0 Å². The van der Waals surface area contributed by atoms with Crippen molar-refractivity contribution in [3.8, 4) is 0 Å². The maximum atomic E-state index is 13.3. The predicted octanol–water partition coefficient (Wildman–Crippen LogP) is 3.49. The van der Waals surface area contributed by atoms with Gasteiger partial charge in [-0.05, 0) is 18.1 Å². The summed E-state index contributed by atoms with van der Waals surface area (Å²) >= 11 is 0. The lowest BCUT2D eigenvalue weighted by Gasteiger charge is -1.98. The number of benzene rings is 1. The number of allylic oxidation sites excluding steroid dienone is 3. The quantitative estimate of drug-likeness (QED) is 0.313. The second-order valence-electron chi connectivity index (χ2n) is 3.74. The van der Waals surface area contributed by atoms with E-state index in [9.17, 15) is 9.18 Å². The number of aliphatic imine (C=N–C) groups is 1. The van der Waals surface area contributed by atoms with Crippen molar-refractivity contribution in [2.24, 2.45) is 4.99 Å². The highest BCUT2D eigenvalue weighted by Crippen LogP contribution is 2.07. The van der Waals surface area contributed by atoms with Crippen LogP contribution in [0.2, 0.25) is 0 Å². The molecule has 3 heteroatoms. The summed E-state index contributed by atoms with van der Waals surface area (Å²) in [7, 11) is 0. The average molecular weight is 245 g/mol. The molecule has 0 radical (unpaired) electrons. The summed E-state index contributed by atoms with van der Waals surface area (Å²) in [6.07, 6.45) is 7.09. The maximum Gasteiger partial charge on any atom is 0.146 e. The van der Waals surface area contributed by atoms with Crippen molar-refractivity contribution in [3.05, 3.63) is 60.0 Å². The minimum Gasteiger partial charge on any atom is -0.298 e. The molecule has 18 heavy (non-hydrogen) atoms. The van der Waals surface area contributed by atoms with Crippen LogP contribution in [0.15, 0.2) is 53.6 Å². The molecular weight excluding hydrogens is 229 g/mol. The zero-order chi connectivity index (χ0) is 13.2. The Hall–Kier alpha value is -2.03. The van der Waals surface area contributed by atoms with Gasteiger partial charge in [0.2, 0.25) is 0 Å². The predicted molar refractivity (Wildman–Crippen MR) is 72.2 cm³/mol. The molecule has 1 aromatic carbocycles. The van der Waals surface area contributed by atoms with Crippen LogP contribution in [0.5, 0.6) is 0 Å². The van der Waals surface area contributed by atoms with Gasteiger partial charge in [0.05, 0.1) is 6.54 Å². The SMILES string of the molecule is C=CC/C=C(/C=O)CC=NCc1ccccc1F. The number of hydrogen-bond acceptors (Lipinski definition) is 2. The van der Waals surface area contributed by atoms with Crippen molar-refractivity contribution in [2.45, 2.75) is 19.4 Å². The molecule has 0 bridgehead atoms. The van der Waals surface area contributed by atoms with Gasteiger partial charge in [0, 0.05) is 18.2 Å². The first-order valence-electron chi connectivity index (χ1n) is 5.74. The Morgan fingerprint density at radius 3 is 2.83 bits per heavy atom. The number of hydrogen-bond donors (Lipinski definition) is 0. The van der Waals surface area contributed by atoms with Gasteiger partial charge in [-0.15, -0.1) is 6.58 Å². The summed E-state index contributed by atoms with van der Waals surface area (Å²) in [6.45, 7) is 3.87. The largest absolute Gasteiger partial charge is 0.298 e. The highest BCUT2D eigenvalue weighted by atomic mass is 19.1. The summed E-state index contributed by atoms with van der Waals surface area (Å²) < 4.78 is 13.3. The lowest BCUT2D eigenvalue weighted by atomic mass is 10.2. The van der Waals surface area contributed by atoms with E-state index in [0.29, 0.717) is 30.5 Å². The Bertz CT molecular complexity index is 463. The van der Waals surface area contributed by atoms with E-state index in [0.717, 1.165) is 6.29 Å². The van der Waals surface area contributed by atoms with Crippen molar-refractivity contribution in [1.82, 2.24) is 0 Å². The van der Waals surface area contributed by atoms with Crippen LogP contribution >= 0.6 is 0 Å². The number of aldehydes is 1. The number of carbonyl (C=O) groups excluding carboxylic acids is 1. The molecule has 94 valence electrons. The highest BCUT2D eigenvalue weighted by molar-refractivity contribution is 5.80. The number of nitrogens with zero attached hydrogens (tertiary/aromatic N) is 1. The van der Waals surface area contributed by atoms with E-state index >= 15 is 0 Å². The Morgan fingerprint density at radius 1 is 1.39 bits per heavy atom. The number of carbonyl (C=O) groups is 1. The summed E-state index contributed by atoms with van der Waals surface area (Å²) in [5, 5.41) is 0. The van der Waals surface area contributed by atoms with Crippen LogP contribution in [-0.2, 0) is 11.3 Å². The third-order valence-corrected chi connectivity index (χ3v) is 2.37. The van der Waals surface area contributed by atoms with Gasteiger partial charge in [-0.25, -0.2) is 4.39 Å². The molecule has 0 atom stereocenters. The monoisotopic (exact) mass is 245 g/mol. The fourth-order valence-corrected chi connectivity index (χ4v) is 1.37. The van der Waals surface area contributed by atoms with Gasteiger partial charge >= 0.3 is 0 Å². The summed E-state index contributed by atoms with van der Waals surface area (Å²) in [5.74, 6) is -0.257. The summed E-state index contributed by atoms with van der Waals surface area (Å²) in [6, 6.07) is 6.52. The zero-order valence-electron chi connectivity index (χ0n) is 10.2. The Balaban J connectivity index is 2.48. The van der Waals surface area contributed by atoms with Crippen LogP contribution in [0.4, 0.5) is 4.39 Å². The molecule has 0 fully saturated rings. The van der Waals surface area contributed by atoms with Crippen LogP contribution < -0.4 is 0 Å². The van der Waals surface area contributed by atoms with Crippen LogP contribution in [-0.4, -0.2) is 12.5 Å². The van der Waals surface area contributed by atoms with Gasteiger partial charge in [-0.2, -0.15) is 0 Å². The molecule has 0 aliphatic carbocycles. The molecule has 0 unspecified atom stereocenters.